The van der Waals surface area contributed by atoms with Crippen molar-refractivity contribution >= 4 is 29.1 Å². The number of methoxy groups -OCH3 is 3. The first-order valence-corrected chi connectivity index (χ1v) is 16.9. The van der Waals surface area contributed by atoms with Crippen LogP contribution in [0.4, 0.5) is 0 Å². The number of nitrogens with one attached hydrogen (secondary N) is 1. The Labute approximate surface area is 290 Å². The van der Waals surface area contributed by atoms with Gasteiger partial charge in [0.1, 0.15) is 5.69 Å². The fourth-order valence-corrected chi connectivity index (χ4v) is 7.78. The van der Waals surface area contributed by atoms with Gasteiger partial charge in [0.05, 0.1) is 54.0 Å². The zero-order valence-electron chi connectivity index (χ0n) is 27.3. The van der Waals surface area contributed by atoms with Gasteiger partial charge in [-0.3, -0.25) is 19.6 Å². The SMILES string of the molecule is COCCN1CCc2c(cc(-c3cccc(-c4cccc(-c5cnc(CN6CC7(CCC(=O)N7)C6)c(OC)n5)c4Cl)c3Cl)nc2OC)C1. The van der Waals surface area contributed by atoms with Crippen molar-refractivity contribution in [1.29, 1.82) is 0 Å². The van der Waals surface area contributed by atoms with Crippen LogP contribution in [0, 0.1) is 0 Å². The zero-order chi connectivity index (χ0) is 33.4. The normalized spacial score (nSPS) is 17.2. The van der Waals surface area contributed by atoms with E-state index in [1.807, 2.05) is 36.4 Å². The molecular formula is C36H38Cl2N6O4. The van der Waals surface area contributed by atoms with Crippen LogP contribution in [0.3, 0.4) is 0 Å². The fourth-order valence-electron chi connectivity index (χ4n) is 7.13. The van der Waals surface area contributed by atoms with Gasteiger partial charge in [0.25, 0.3) is 0 Å². The van der Waals surface area contributed by atoms with E-state index in [4.69, 9.17) is 52.4 Å². The molecule has 2 saturated heterocycles. The van der Waals surface area contributed by atoms with E-state index in [9.17, 15) is 4.79 Å². The molecule has 0 bridgehead atoms. The molecule has 1 spiro atoms. The van der Waals surface area contributed by atoms with E-state index in [1.165, 1.54) is 5.56 Å². The standard InChI is InChI=1S/C36H38Cl2N6O4/c1-46-15-14-43-13-11-23-22(18-43)16-28(40-34(23)47-2)26-8-4-6-24(32(26)37)25-7-5-9-27(33(25)38)29-17-39-30(35(41-29)48-3)19-44-20-36(21-44)12-10-31(45)42-36/h4-9,16-17H,10-15,18-21H2,1-3H3,(H,42,45). The molecule has 5 heterocycles. The molecular weight excluding hydrogens is 651 g/mol. The summed E-state index contributed by atoms with van der Waals surface area (Å²) in [5.41, 5.74) is 7.35. The van der Waals surface area contributed by atoms with Crippen molar-refractivity contribution in [2.75, 3.05) is 54.1 Å². The maximum absolute atomic E-state index is 11.7. The molecule has 0 unspecified atom stereocenters. The lowest BCUT2D eigenvalue weighted by molar-refractivity contribution is -0.120. The number of halogens is 2. The van der Waals surface area contributed by atoms with Crippen LogP contribution in [0.2, 0.25) is 10.0 Å². The molecule has 1 N–H and O–H groups in total. The number of carbonyl (C=O) groups excluding carboxylic acids is 1. The molecule has 2 aromatic carbocycles. The molecule has 48 heavy (non-hydrogen) atoms. The van der Waals surface area contributed by atoms with Crippen LogP contribution in [0.5, 0.6) is 11.8 Å². The van der Waals surface area contributed by atoms with E-state index in [-0.39, 0.29) is 11.4 Å². The number of amides is 1. The Hall–Kier alpha value is -3.80. The number of hydrogen-bond donors (Lipinski definition) is 1. The maximum Gasteiger partial charge on any atom is 0.237 e. The lowest BCUT2D eigenvalue weighted by Gasteiger charge is -2.47. The number of nitrogens with zero attached hydrogens (tertiary/aromatic N) is 5. The Morgan fingerprint density at radius 2 is 1.54 bits per heavy atom. The number of benzene rings is 2. The first-order valence-electron chi connectivity index (χ1n) is 16.1. The highest BCUT2D eigenvalue weighted by Gasteiger charge is 2.47. The Balaban J connectivity index is 1.16. The number of carbonyl (C=O) groups is 1. The van der Waals surface area contributed by atoms with Crippen LogP contribution in [-0.4, -0.2) is 90.3 Å². The lowest BCUT2D eigenvalue weighted by Crippen LogP contribution is -2.66. The number of aromatic nitrogens is 3. The Bertz CT molecular complexity index is 1860. The van der Waals surface area contributed by atoms with Gasteiger partial charge in [-0.25, -0.2) is 9.97 Å². The van der Waals surface area contributed by atoms with Crippen molar-refractivity contribution in [2.45, 2.75) is 37.9 Å². The molecule has 3 aliphatic heterocycles. The highest BCUT2D eigenvalue weighted by Crippen LogP contribution is 2.43. The molecule has 2 fully saturated rings. The van der Waals surface area contributed by atoms with Crippen LogP contribution in [0.15, 0.2) is 48.7 Å². The summed E-state index contributed by atoms with van der Waals surface area (Å²) < 4.78 is 16.7. The van der Waals surface area contributed by atoms with Crippen LogP contribution in [-0.2, 0) is 29.0 Å². The van der Waals surface area contributed by atoms with Gasteiger partial charge in [-0.1, -0.05) is 59.6 Å². The second-order valence-corrected chi connectivity index (χ2v) is 13.4. The molecule has 2 aromatic heterocycles. The molecule has 3 aliphatic rings. The summed E-state index contributed by atoms with van der Waals surface area (Å²) in [5.74, 6) is 1.20. The summed E-state index contributed by atoms with van der Waals surface area (Å²) in [4.78, 5) is 30.8. The molecule has 0 saturated carbocycles. The van der Waals surface area contributed by atoms with E-state index in [0.717, 1.165) is 79.2 Å². The third-order valence-corrected chi connectivity index (χ3v) is 10.4. The van der Waals surface area contributed by atoms with Gasteiger partial charge < -0.3 is 19.5 Å². The number of rotatable bonds is 10. The third kappa shape index (κ3) is 6.23. The molecule has 12 heteroatoms. The summed E-state index contributed by atoms with van der Waals surface area (Å²) in [6.45, 7) is 5.42. The van der Waals surface area contributed by atoms with E-state index < -0.39 is 0 Å². The minimum Gasteiger partial charge on any atom is -0.481 e. The van der Waals surface area contributed by atoms with Crippen LogP contribution in [0.25, 0.3) is 33.6 Å². The summed E-state index contributed by atoms with van der Waals surface area (Å²) in [5, 5.41) is 4.17. The Kier molecular flexibility index (Phi) is 9.28. The molecule has 1 amide bonds. The summed E-state index contributed by atoms with van der Waals surface area (Å²) >= 11 is 14.3. The van der Waals surface area contributed by atoms with Crippen molar-refractivity contribution in [1.82, 2.24) is 30.1 Å². The number of fused-ring (bicyclic) bond motifs is 1. The van der Waals surface area contributed by atoms with Gasteiger partial charge >= 0.3 is 0 Å². The number of hydrogen-bond acceptors (Lipinski definition) is 9. The maximum atomic E-state index is 11.7. The summed E-state index contributed by atoms with van der Waals surface area (Å²) in [6.07, 6.45) is 4.05. The minimum absolute atomic E-state index is 0.0996. The second-order valence-electron chi connectivity index (χ2n) is 12.7. The van der Waals surface area contributed by atoms with E-state index in [0.29, 0.717) is 52.6 Å². The van der Waals surface area contributed by atoms with Gasteiger partial charge in [0.15, 0.2) is 0 Å². The van der Waals surface area contributed by atoms with Crippen LogP contribution in [0.1, 0.15) is 29.7 Å². The summed E-state index contributed by atoms with van der Waals surface area (Å²) in [7, 11) is 4.98. The predicted molar refractivity (Wildman–Crippen MR) is 186 cm³/mol. The van der Waals surface area contributed by atoms with Crippen molar-refractivity contribution in [2.24, 2.45) is 0 Å². The highest BCUT2D eigenvalue weighted by atomic mass is 35.5. The van der Waals surface area contributed by atoms with Crippen molar-refractivity contribution in [3.63, 3.8) is 0 Å². The van der Waals surface area contributed by atoms with Crippen molar-refractivity contribution in [3.8, 4) is 45.4 Å². The Morgan fingerprint density at radius 1 is 0.875 bits per heavy atom. The van der Waals surface area contributed by atoms with Gasteiger partial charge in [-0.15, -0.1) is 0 Å². The molecule has 0 radical (unpaired) electrons. The van der Waals surface area contributed by atoms with E-state index >= 15 is 0 Å². The first kappa shape index (κ1) is 32.7. The largest absolute Gasteiger partial charge is 0.481 e. The smallest absolute Gasteiger partial charge is 0.237 e. The molecule has 4 aromatic rings. The number of pyridine rings is 1. The number of ether oxygens (including phenoxy) is 3. The second kappa shape index (κ2) is 13.6. The lowest BCUT2D eigenvalue weighted by atomic mass is 9.88. The van der Waals surface area contributed by atoms with E-state index in [1.54, 1.807) is 27.5 Å². The molecule has 7 rings (SSSR count). The van der Waals surface area contributed by atoms with Gasteiger partial charge in [-0.2, -0.15) is 0 Å². The van der Waals surface area contributed by atoms with Crippen LogP contribution < -0.4 is 14.8 Å². The molecule has 250 valence electrons. The monoisotopic (exact) mass is 688 g/mol. The fraction of sp³-hybridized carbons (Fsp3) is 0.389. The van der Waals surface area contributed by atoms with Crippen LogP contribution >= 0.6 is 23.2 Å². The topological polar surface area (TPSA) is 102 Å². The first-order chi connectivity index (χ1) is 23.3. The average molecular weight is 690 g/mol. The van der Waals surface area contributed by atoms with Gasteiger partial charge in [-0.05, 0) is 24.5 Å². The third-order valence-electron chi connectivity index (χ3n) is 9.56. The van der Waals surface area contributed by atoms with Crippen molar-refractivity contribution < 1.29 is 19.0 Å². The summed E-state index contributed by atoms with van der Waals surface area (Å²) in [6, 6.07) is 13.8. The van der Waals surface area contributed by atoms with Gasteiger partial charge in [0, 0.05) is 80.6 Å². The molecule has 0 atom stereocenters. The quantitative estimate of drug-likeness (QED) is 0.226. The van der Waals surface area contributed by atoms with Crippen molar-refractivity contribution in [3.05, 3.63) is 75.5 Å². The molecule has 10 nitrogen and oxygen atoms in total. The Morgan fingerprint density at radius 3 is 2.19 bits per heavy atom. The average Bonchev–Trinajstić information content (AvgIpc) is 3.48. The molecule has 0 aliphatic carbocycles. The van der Waals surface area contributed by atoms with Gasteiger partial charge in [0.2, 0.25) is 17.7 Å². The highest BCUT2D eigenvalue weighted by molar-refractivity contribution is 6.39. The zero-order valence-corrected chi connectivity index (χ0v) is 28.8. The van der Waals surface area contributed by atoms with E-state index in [2.05, 4.69) is 21.2 Å². The minimum atomic E-state index is -0.0996. The number of likely N-dealkylation sites (tertiary alicyclic amines) is 1. The predicted octanol–water partition coefficient (Wildman–Crippen LogP) is 5.67.